The van der Waals surface area contributed by atoms with E-state index in [-0.39, 0.29) is 11.9 Å². The Morgan fingerprint density at radius 3 is 2.95 bits per heavy atom. The van der Waals surface area contributed by atoms with Crippen molar-refractivity contribution in [3.63, 3.8) is 0 Å². The number of ether oxygens (including phenoxy) is 1. The van der Waals surface area contributed by atoms with E-state index in [1.165, 1.54) is 5.57 Å². The molecule has 1 spiro atoms. The molecule has 2 bridgehead atoms. The maximum atomic E-state index is 12.8. The number of carbonyl (C=O) groups is 2. The molecule has 22 heavy (non-hydrogen) atoms. The topological polar surface area (TPSA) is 66.8 Å². The van der Waals surface area contributed by atoms with Crippen LogP contribution in [-0.4, -0.2) is 46.2 Å². The number of rotatable bonds is 5. The van der Waals surface area contributed by atoms with Crippen molar-refractivity contribution in [1.29, 1.82) is 0 Å². The number of carbonyl (C=O) groups excluding carboxylic acids is 1. The van der Waals surface area contributed by atoms with Crippen LogP contribution in [0.15, 0.2) is 23.8 Å². The van der Waals surface area contributed by atoms with E-state index in [9.17, 15) is 14.7 Å². The third-order valence-corrected chi connectivity index (χ3v) is 5.08. The van der Waals surface area contributed by atoms with Crippen LogP contribution in [0, 0.1) is 11.8 Å². The Bertz CT molecular complexity index is 563. The molecule has 0 radical (unpaired) electrons. The van der Waals surface area contributed by atoms with Crippen molar-refractivity contribution < 1.29 is 19.4 Å². The van der Waals surface area contributed by atoms with Gasteiger partial charge in [-0.15, -0.1) is 0 Å². The quantitative estimate of drug-likeness (QED) is 0.789. The second kappa shape index (κ2) is 5.23. The lowest BCUT2D eigenvalue weighted by molar-refractivity contribution is -0.148. The summed E-state index contributed by atoms with van der Waals surface area (Å²) >= 11 is 0. The number of fused-ring (bicyclic) bond motifs is 1. The lowest BCUT2D eigenvalue weighted by Crippen LogP contribution is -2.40. The third-order valence-electron chi connectivity index (χ3n) is 5.08. The Hall–Kier alpha value is -1.62. The zero-order valence-electron chi connectivity index (χ0n) is 13.3. The van der Waals surface area contributed by atoms with Crippen LogP contribution in [0.4, 0.5) is 0 Å². The van der Waals surface area contributed by atoms with Crippen LogP contribution in [0.3, 0.4) is 0 Å². The molecule has 1 N–H and O–H groups in total. The van der Waals surface area contributed by atoms with Gasteiger partial charge in [-0.25, -0.2) is 0 Å². The summed E-state index contributed by atoms with van der Waals surface area (Å²) in [5.74, 6) is -2.31. The third kappa shape index (κ3) is 2.19. The van der Waals surface area contributed by atoms with Crippen LogP contribution in [0.1, 0.15) is 33.6 Å². The molecule has 3 rings (SSSR count). The molecule has 0 saturated carbocycles. The molecule has 120 valence electrons. The second-order valence-electron chi connectivity index (χ2n) is 6.91. The molecule has 0 aromatic rings. The molecule has 5 nitrogen and oxygen atoms in total. The Balaban J connectivity index is 1.76. The maximum Gasteiger partial charge on any atom is 0.310 e. The molecule has 0 aromatic heterocycles. The van der Waals surface area contributed by atoms with Gasteiger partial charge < -0.3 is 14.7 Å². The van der Waals surface area contributed by atoms with E-state index >= 15 is 0 Å². The first-order chi connectivity index (χ1) is 10.4. The summed E-state index contributed by atoms with van der Waals surface area (Å²) in [6, 6.07) is 0.0913. The Labute approximate surface area is 130 Å². The van der Waals surface area contributed by atoms with E-state index in [0.717, 1.165) is 12.8 Å². The van der Waals surface area contributed by atoms with Crippen molar-refractivity contribution in [2.24, 2.45) is 11.8 Å². The van der Waals surface area contributed by atoms with E-state index in [2.05, 4.69) is 19.9 Å². The van der Waals surface area contributed by atoms with Crippen LogP contribution in [0.25, 0.3) is 0 Å². The minimum atomic E-state index is -0.936. The van der Waals surface area contributed by atoms with E-state index in [4.69, 9.17) is 4.74 Å². The van der Waals surface area contributed by atoms with E-state index in [0.29, 0.717) is 6.54 Å². The lowest BCUT2D eigenvalue weighted by Gasteiger charge is -2.27. The molecule has 2 fully saturated rings. The largest absolute Gasteiger partial charge is 0.481 e. The number of hydrogen-bond acceptors (Lipinski definition) is 3. The summed E-state index contributed by atoms with van der Waals surface area (Å²) in [6.07, 6.45) is 7.23. The summed E-state index contributed by atoms with van der Waals surface area (Å²) in [7, 11) is 0. The van der Waals surface area contributed by atoms with Gasteiger partial charge in [0.2, 0.25) is 5.91 Å². The van der Waals surface area contributed by atoms with Gasteiger partial charge in [-0.3, -0.25) is 9.59 Å². The highest BCUT2D eigenvalue weighted by atomic mass is 16.5. The summed E-state index contributed by atoms with van der Waals surface area (Å²) < 4.78 is 5.88. The predicted octanol–water partition coefficient (Wildman–Crippen LogP) is 1.99. The molecular formula is C17H23NO4. The molecule has 2 saturated heterocycles. The highest BCUT2D eigenvalue weighted by Gasteiger charge is 2.67. The molecule has 5 atom stereocenters. The number of amides is 1. The SMILES string of the molecule is CC(C)=CCC[C@H](C)N1C[C@@]23C=C[C@H](O2)[C@H](C(=O)O)[C@H]3C1=O. The van der Waals surface area contributed by atoms with Gasteiger partial charge in [0.05, 0.1) is 18.6 Å². The fourth-order valence-corrected chi connectivity index (χ4v) is 3.95. The van der Waals surface area contributed by atoms with E-state index in [1.807, 2.05) is 17.9 Å². The van der Waals surface area contributed by atoms with E-state index in [1.54, 1.807) is 6.08 Å². The van der Waals surface area contributed by atoms with Crippen LogP contribution in [0.5, 0.6) is 0 Å². The molecular weight excluding hydrogens is 282 g/mol. The molecule has 5 heteroatoms. The van der Waals surface area contributed by atoms with Crippen molar-refractivity contribution in [3.05, 3.63) is 23.8 Å². The molecule has 3 heterocycles. The first-order valence-electron chi connectivity index (χ1n) is 7.89. The minimum absolute atomic E-state index is 0.0658. The first-order valence-corrected chi connectivity index (χ1v) is 7.89. The van der Waals surface area contributed by atoms with Crippen LogP contribution >= 0.6 is 0 Å². The number of carboxylic acids is 1. The number of aliphatic carboxylic acids is 1. The van der Waals surface area contributed by atoms with Gasteiger partial charge in [-0.2, -0.15) is 0 Å². The van der Waals surface area contributed by atoms with Crippen molar-refractivity contribution in [2.75, 3.05) is 6.54 Å². The van der Waals surface area contributed by atoms with E-state index < -0.39 is 29.5 Å². The summed E-state index contributed by atoms with van der Waals surface area (Å²) in [5, 5.41) is 9.43. The summed E-state index contributed by atoms with van der Waals surface area (Å²) in [6.45, 7) is 6.62. The minimum Gasteiger partial charge on any atom is -0.481 e. The van der Waals surface area contributed by atoms with Crippen molar-refractivity contribution in [3.8, 4) is 0 Å². The zero-order chi connectivity index (χ0) is 16.1. The van der Waals surface area contributed by atoms with Gasteiger partial charge in [0.25, 0.3) is 0 Å². The van der Waals surface area contributed by atoms with Gasteiger partial charge in [0.1, 0.15) is 11.5 Å². The molecule has 0 unspecified atom stereocenters. The van der Waals surface area contributed by atoms with Crippen molar-refractivity contribution in [1.82, 2.24) is 4.90 Å². The number of allylic oxidation sites excluding steroid dienone is 2. The molecule has 0 aromatic carbocycles. The summed E-state index contributed by atoms with van der Waals surface area (Å²) in [4.78, 5) is 26.1. The number of nitrogens with zero attached hydrogens (tertiary/aromatic N) is 1. The average molecular weight is 305 g/mol. The number of hydrogen-bond donors (Lipinski definition) is 1. The highest BCUT2D eigenvalue weighted by molar-refractivity contribution is 5.90. The lowest BCUT2D eigenvalue weighted by atomic mass is 9.77. The van der Waals surface area contributed by atoms with Crippen molar-refractivity contribution in [2.45, 2.75) is 51.4 Å². The second-order valence-corrected chi connectivity index (χ2v) is 6.91. The van der Waals surface area contributed by atoms with Crippen molar-refractivity contribution >= 4 is 11.9 Å². The Kier molecular flexibility index (Phi) is 3.63. The normalized spacial score (nSPS) is 36.6. The molecule has 3 aliphatic rings. The zero-order valence-corrected chi connectivity index (χ0v) is 13.3. The van der Waals surface area contributed by atoms with Gasteiger partial charge in [0, 0.05) is 6.04 Å². The predicted molar refractivity (Wildman–Crippen MR) is 81.2 cm³/mol. The monoisotopic (exact) mass is 305 g/mol. The summed E-state index contributed by atoms with van der Waals surface area (Å²) in [5.41, 5.74) is 0.557. The maximum absolute atomic E-state index is 12.8. The average Bonchev–Trinajstić information content (AvgIpc) is 3.06. The fraction of sp³-hybridized carbons (Fsp3) is 0.647. The molecule has 3 aliphatic heterocycles. The number of carboxylic acid groups (broad SMARTS) is 1. The van der Waals surface area contributed by atoms with Gasteiger partial charge in [-0.1, -0.05) is 23.8 Å². The fourth-order valence-electron chi connectivity index (χ4n) is 3.95. The van der Waals surface area contributed by atoms with Gasteiger partial charge in [0.15, 0.2) is 0 Å². The smallest absolute Gasteiger partial charge is 0.310 e. The van der Waals surface area contributed by atoms with Gasteiger partial charge in [-0.05, 0) is 33.6 Å². The standard InChI is InChI=1S/C17H23NO4/c1-10(2)5-4-6-11(3)18-9-17-8-7-12(22-17)13(16(20)21)14(17)15(18)19/h5,7-8,11-14H,4,6,9H2,1-3H3,(H,20,21)/t11-,12-,13-,14-,17+/m0/s1. The van der Waals surface area contributed by atoms with Gasteiger partial charge >= 0.3 is 5.97 Å². The highest BCUT2D eigenvalue weighted by Crippen LogP contribution is 2.52. The Morgan fingerprint density at radius 2 is 2.32 bits per heavy atom. The first kappa shape index (κ1) is 15.3. The molecule has 1 amide bonds. The van der Waals surface area contributed by atoms with Crippen LogP contribution in [-0.2, 0) is 14.3 Å². The van der Waals surface area contributed by atoms with Crippen LogP contribution in [0.2, 0.25) is 0 Å². The van der Waals surface area contributed by atoms with Crippen LogP contribution < -0.4 is 0 Å². The number of likely N-dealkylation sites (tertiary alicyclic amines) is 1. The Morgan fingerprint density at radius 1 is 1.59 bits per heavy atom. The molecule has 0 aliphatic carbocycles.